The summed E-state index contributed by atoms with van der Waals surface area (Å²) in [6, 6.07) is 23.7. The molecule has 0 radical (unpaired) electrons. The molecule has 0 saturated heterocycles. The number of carboxylic acids is 1. The number of ether oxygens (including phenoxy) is 1. The number of carbonyl (C=O) groups is 2. The van der Waals surface area contributed by atoms with Crippen molar-refractivity contribution < 1.29 is 45.0 Å². The Balaban J connectivity index is 0.000000297. The molecule has 9 heteroatoms. The fourth-order valence-electron chi connectivity index (χ4n) is 3.31. The first-order valence-electron chi connectivity index (χ1n) is 13.6. The normalized spacial score (nSPS) is 10.4. The summed E-state index contributed by atoms with van der Waals surface area (Å²) in [6.45, 7) is 12.5. The Hall–Kier alpha value is -5.18. The Bertz CT molecular complexity index is 1460. The van der Waals surface area contributed by atoms with Crippen molar-refractivity contribution in [3.8, 4) is 28.7 Å². The SMILES string of the molecule is CC(C)(C)c1ccc(C(=O)O)cc1.CC(C)(C)c1ccc(O)c(O)c1.COC(=O)c1ccc(O)cc1.Oc1cccc(O)c1. The molecule has 0 atom stereocenters. The van der Waals surface area contributed by atoms with Gasteiger partial charge in [-0.25, -0.2) is 9.59 Å². The number of rotatable bonds is 2. The third-order valence-electron chi connectivity index (χ3n) is 5.96. The van der Waals surface area contributed by atoms with Crippen molar-refractivity contribution in [2.24, 2.45) is 0 Å². The first kappa shape index (κ1) is 36.8. The van der Waals surface area contributed by atoms with E-state index >= 15 is 0 Å². The molecule has 6 N–H and O–H groups in total. The number of carboxylic acid groups (broad SMARTS) is 1. The second-order valence-electron chi connectivity index (χ2n) is 11.6. The number of benzene rings is 4. The lowest BCUT2D eigenvalue weighted by atomic mass is 9.87. The summed E-state index contributed by atoms with van der Waals surface area (Å²) in [5.74, 6) is -1.08. The molecule has 0 aliphatic heterocycles. The molecule has 44 heavy (non-hydrogen) atoms. The van der Waals surface area contributed by atoms with Gasteiger partial charge in [0.25, 0.3) is 0 Å². The Kier molecular flexibility index (Phi) is 13.8. The molecular weight excluding hydrogens is 564 g/mol. The third-order valence-corrected chi connectivity index (χ3v) is 5.96. The highest BCUT2D eigenvalue weighted by Gasteiger charge is 2.15. The fourth-order valence-corrected chi connectivity index (χ4v) is 3.31. The average Bonchev–Trinajstić information content (AvgIpc) is 2.94. The quantitative estimate of drug-likeness (QED) is 0.101. The summed E-state index contributed by atoms with van der Waals surface area (Å²) in [7, 11) is 1.31. The van der Waals surface area contributed by atoms with Gasteiger partial charge >= 0.3 is 11.9 Å². The van der Waals surface area contributed by atoms with Crippen LogP contribution in [0.15, 0.2) is 91.0 Å². The predicted molar refractivity (Wildman–Crippen MR) is 170 cm³/mol. The molecule has 0 heterocycles. The van der Waals surface area contributed by atoms with Gasteiger partial charge in [0.1, 0.15) is 17.2 Å². The minimum atomic E-state index is -0.875. The first-order chi connectivity index (χ1) is 20.3. The summed E-state index contributed by atoms with van der Waals surface area (Å²) >= 11 is 0. The minimum Gasteiger partial charge on any atom is -0.508 e. The van der Waals surface area contributed by atoms with Crippen LogP contribution >= 0.6 is 0 Å². The Morgan fingerprint density at radius 1 is 0.545 bits per heavy atom. The number of hydrogen-bond acceptors (Lipinski definition) is 8. The average molecular weight is 607 g/mol. The maximum absolute atomic E-state index is 10.8. The number of methoxy groups -OCH3 is 1. The largest absolute Gasteiger partial charge is 0.508 e. The van der Waals surface area contributed by atoms with Crippen molar-refractivity contribution in [2.45, 2.75) is 52.4 Å². The van der Waals surface area contributed by atoms with Crippen LogP contribution in [-0.2, 0) is 15.6 Å². The molecule has 4 rings (SSSR count). The van der Waals surface area contributed by atoms with E-state index in [-0.39, 0.29) is 39.6 Å². The monoisotopic (exact) mass is 606 g/mol. The van der Waals surface area contributed by atoms with Crippen molar-refractivity contribution in [3.05, 3.63) is 113 Å². The van der Waals surface area contributed by atoms with Crippen molar-refractivity contribution >= 4 is 11.9 Å². The van der Waals surface area contributed by atoms with E-state index in [1.54, 1.807) is 24.3 Å². The molecule has 0 aromatic heterocycles. The number of phenolic OH excluding ortho intramolecular Hbond substituents is 5. The second-order valence-corrected chi connectivity index (χ2v) is 11.6. The van der Waals surface area contributed by atoms with Crippen LogP contribution in [0.25, 0.3) is 0 Å². The number of esters is 1. The van der Waals surface area contributed by atoms with Crippen LogP contribution in [0.5, 0.6) is 28.7 Å². The van der Waals surface area contributed by atoms with Gasteiger partial charge in [-0.2, -0.15) is 0 Å². The smallest absolute Gasteiger partial charge is 0.337 e. The highest BCUT2D eigenvalue weighted by Crippen LogP contribution is 2.31. The maximum Gasteiger partial charge on any atom is 0.337 e. The van der Waals surface area contributed by atoms with Gasteiger partial charge in [-0.1, -0.05) is 65.8 Å². The number of aromatic hydroxyl groups is 5. The van der Waals surface area contributed by atoms with Gasteiger partial charge < -0.3 is 35.4 Å². The molecule has 0 aliphatic rings. The van der Waals surface area contributed by atoms with Crippen molar-refractivity contribution in [1.82, 2.24) is 0 Å². The lowest BCUT2D eigenvalue weighted by Gasteiger charge is -2.19. The van der Waals surface area contributed by atoms with E-state index in [1.165, 1.54) is 55.6 Å². The summed E-state index contributed by atoms with van der Waals surface area (Å²) in [5, 5.41) is 53.1. The van der Waals surface area contributed by atoms with E-state index in [9.17, 15) is 14.7 Å². The molecule has 0 saturated carbocycles. The molecule has 4 aromatic carbocycles. The standard InChI is InChI=1S/C11H14O2.C10H14O2.C8H8O3.C6H6O2/c1-11(2,3)9-6-4-8(5-7-9)10(12)13;1-10(2,3)7-4-5-8(11)9(12)6-7;1-11-8(10)6-2-4-7(9)5-3-6;7-5-2-1-3-6(8)4-5/h4-7H,1-3H3,(H,12,13);4-6,11-12H,1-3H3;2-5,9H,1H3;1-4,7-8H. The van der Waals surface area contributed by atoms with Crippen LogP contribution in [0.4, 0.5) is 0 Å². The molecule has 0 fully saturated rings. The Morgan fingerprint density at radius 2 is 1.00 bits per heavy atom. The van der Waals surface area contributed by atoms with Gasteiger partial charge in [0.05, 0.1) is 18.2 Å². The lowest BCUT2D eigenvalue weighted by Crippen LogP contribution is -2.11. The molecule has 236 valence electrons. The Labute approximate surface area is 258 Å². The van der Waals surface area contributed by atoms with Gasteiger partial charge in [-0.05, 0) is 82.6 Å². The Morgan fingerprint density at radius 3 is 1.36 bits per heavy atom. The maximum atomic E-state index is 10.8. The van der Waals surface area contributed by atoms with E-state index < -0.39 is 11.9 Å². The van der Waals surface area contributed by atoms with E-state index in [0.717, 1.165) is 11.1 Å². The predicted octanol–water partition coefficient (Wildman–Crippen LogP) is 7.35. The topological polar surface area (TPSA) is 165 Å². The molecule has 0 spiro atoms. The number of carbonyl (C=O) groups excluding carboxylic acids is 1. The van der Waals surface area contributed by atoms with E-state index in [4.69, 9.17) is 25.5 Å². The van der Waals surface area contributed by atoms with Gasteiger partial charge in [0.2, 0.25) is 0 Å². The van der Waals surface area contributed by atoms with Crippen LogP contribution in [0.3, 0.4) is 0 Å². The zero-order valence-electron chi connectivity index (χ0n) is 26.1. The molecule has 4 aromatic rings. The molecule has 0 aliphatic carbocycles. The zero-order chi connectivity index (χ0) is 33.7. The highest BCUT2D eigenvalue weighted by atomic mass is 16.5. The van der Waals surface area contributed by atoms with Gasteiger partial charge in [0, 0.05) is 6.07 Å². The lowest BCUT2D eigenvalue weighted by molar-refractivity contribution is 0.0599. The molecular formula is C35H42O9. The summed E-state index contributed by atoms with van der Waals surface area (Å²) < 4.78 is 4.46. The van der Waals surface area contributed by atoms with Crippen LogP contribution in [0, 0.1) is 0 Å². The van der Waals surface area contributed by atoms with Gasteiger partial charge in [-0.15, -0.1) is 0 Å². The van der Waals surface area contributed by atoms with E-state index in [2.05, 4.69) is 46.3 Å². The summed E-state index contributed by atoms with van der Waals surface area (Å²) in [5.41, 5.74) is 3.02. The van der Waals surface area contributed by atoms with Crippen LogP contribution in [-0.4, -0.2) is 49.7 Å². The van der Waals surface area contributed by atoms with Gasteiger partial charge in [-0.3, -0.25) is 0 Å². The number of aromatic carboxylic acids is 1. The fraction of sp³-hybridized carbons (Fsp3) is 0.257. The molecule has 9 nitrogen and oxygen atoms in total. The first-order valence-corrected chi connectivity index (χ1v) is 13.6. The van der Waals surface area contributed by atoms with Crippen LogP contribution in [0.1, 0.15) is 73.4 Å². The molecule has 0 amide bonds. The van der Waals surface area contributed by atoms with Gasteiger partial charge in [0.15, 0.2) is 11.5 Å². The number of hydrogen-bond donors (Lipinski definition) is 6. The second kappa shape index (κ2) is 16.5. The highest BCUT2D eigenvalue weighted by molar-refractivity contribution is 5.89. The minimum absolute atomic E-state index is 0.00514. The zero-order valence-corrected chi connectivity index (χ0v) is 26.1. The third kappa shape index (κ3) is 13.2. The van der Waals surface area contributed by atoms with Crippen LogP contribution < -0.4 is 0 Å². The van der Waals surface area contributed by atoms with Crippen LogP contribution in [0.2, 0.25) is 0 Å². The van der Waals surface area contributed by atoms with E-state index in [0.29, 0.717) is 11.1 Å². The van der Waals surface area contributed by atoms with Crippen molar-refractivity contribution in [2.75, 3.05) is 7.11 Å². The number of phenols is 5. The van der Waals surface area contributed by atoms with Crippen molar-refractivity contribution in [1.29, 1.82) is 0 Å². The summed E-state index contributed by atoms with van der Waals surface area (Å²) in [4.78, 5) is 21.4. The summed E-state index contributed by atoms with van der Waals surface area (Å²) in [6.07, 6.45) is 0. The van der Waals surface area contributed by atoms with Crippen molar-refractivity contribution in [3.63, 3.8) is 0 Å². The molecule has 0 unspecified atom stereocenters. The molecule has 0 bridgehead atoms. The van der Waals surface area contributed by atoms with E-state index in [1.807, 2.05) is 18.2 Å².